The minimum Gasteiger partial charge on any atom is -0.363 e. The van der Waals surface area contributed by atoms with E-state index in [4.69, 9.17) is 10.3 Å². The highest BCUT2D eigenvalue weighted by Gasteiger charge is 2.47. The van der Waals surface area contributed by atoms with Crippen LogP contribution in [-0.4, -0.2) is 71.0 Å². The van der Waals surface area contributed by atoms with Gasteiger partial charge in [0, 0.05) is 6.54 Å². The van der Waals surface area contributed by atoms with E-state index in [0.717, 1.165) is 51.9 Å². The summed E-state index contributed by atoms with van der Waals surface area (Å²) < 4.78 is 4.94. The van der Waals surface area contributed by atoms with Crippen LogP contribution in [0.3, 0.4) is 0 Å². The Balaban J connectivity index is 1.61. The molecule has 9 heteroatoms. The molecule has 2 fully saturated rings. The lowest BCUT2D eigenvalue weighted by Gasteiger charge is -2.37. The Bertz CT molecular complexity index is 653. The Morgan fingerprint density at radius 1 is 1.38 bits per heavy atom. The van der Waals surface area contributed by atoms with Gasteiger partial charge in [-0.05, 0) is 57.8 Å². The van der Waals surface area contributed by atoms with Gasteiger partial charge in [-0.2, -0.15) is 4.98 Å². The minimum absolute atomic E-state index is 0.0203. The highest BCUT2D eigenvalue weighted by molar-refractivity contribution is 5.88. The molecule has 0 aliphatic carbocycles. The third kappa shape index (κ3) is 4.04. The van der Waals surface area contributed by atoms with E-state index in [2.05, 4.69) is 39.2 Å². The predicted molar refractivity (Wildman–Crippen MR) is 94.1 cm³/mol. The summed E-state index contributed by atoms with van der Waals surface area (Å²) in [5.74, 6) is -0.761. The Morgan fingerprint density at radius 3 is 2.73 bits per heavy atom. The third-order valence-electron chi connectivity index (χ3n) is 5.57. The van der Waals surface area contributed by atoms with Gasteiger partial charge >= 0.3 is 0 Å². The second-order valence-electron chi connectivity index (χ2n) is 7.59. The van der Waals surface area contributed by atoms with E-state index >= 15 is 0 Å². The number of carbonyl (C=O) groups excluding carboxylic acids is 2. The lowest BCUT2D eigenvalue weighted by molar-refractivity contribution is -0.125. The quantitative estimate of drug-likeness (QED) is 0.728. The Labute approximate surface area is 153 Å². The molecule has 2 amide bonds. The maximum Gasteiger partial charge on any atom is 0.290 e. The van der Waals surface area contributed by atoms with Crippen LogP contribution in [0.4, 0.5) is 0 Å². The molecule has 0 saturated carbocycles. The number of nitrogens with one attached hydrogen (secondary N) is 1. The summed E-state index contributed by atoms with van der Waals surface area (Å²) in [6, 6.07) is -0.128. The SMILES string of the molecule is CCCN1CC2(CCN(C)CC2)C[C@H]1C(=O)NCc1nc(C(N)=O)no1. The molecule has 1 aromatic heterocycles. The Hall–Kier alpha value is -2.00. The summed E-state index contributed by atoms with van der Waals surface area (Å²) in [5, 5.41) is 6.36. The monoisotopic (exact) mass is 364 g/mol. The molecule has 3 rings (SSSR count). The second-order valence-corrected chi connectivity index (χ2v) is 7.59. The molecular weight excluding hydrogens is 336 g/mol. The van der Waals surface area contributed by atoms with Gasteiger partial charge in [0.1, 0.15) is 0 Å². The topological polar surface area (TPSA) is 118 Å². The van der Waals surface area contributed by atoms with Gasteiger partial charge in [0.15, 0.2) is 0 Å². The van der Waals surface area contributed by atoms with Crippen LogP contribution in [0, 0.1) is 5.41 Å². The number of hydrogen-bond acceptors (Lipinski definition) is 7. The number of likely N-dealkylation sites (tertiary alicyclic amines) is 2. The maximum absolute atomic E-state index is 12.8. The molecule has 3 heterocycles. The zero-order chi connectivity index (χ0) is 18.7. The van der Waals surface area contributed by atoms with E-state index in [1.807, 2.05) is 0 Å². The summed E-state index contributed by atoms with van der Waals surface area (Å²) in [5.41, 5.74) is 5.35. The number of aromatic nitrogens is 2. The van der Waals surface area contributed by atoms with E-state index in [-0.39, 0.29) is 35.6 Å². The van der Waals surface area contributed by atoms with E-state index in [1.54, 1.807) is 0 Å². The second kappa shape index (κ2) is 7.71. The van der Waals surface area contributed by atoms with Crippen molar-refractivity contribution in [3.63, 3.8) is 0 Å². The van der Waals surface area contributed by atoms with Gasteiger partial charge in [0.2, 0.25) is 11.8 Å². The third-order valence-corrected chi connectivity index (χ3v) is 5.57. The first-order valence-electron chi connectivity index (χ1n) is 9.25. The molecule has 0 aromatic carbocycles. The number of nitrogens with two attached hydrogens (primary N) is 1. The number of nitrogens with zero attached hydrogens (tertiary/aromatic N) is 4. The van der Waals surface area contributed by atoms with Gasteiger partial charge in [-0.15, -0.1) is 0 Å². The molecular formula is C17H28N6O3. The van der Waals surface area contributed by atoms with Gasteiger partial charge in [0.05, 0.1) is 12.6 Å². The minimum atomic E-state index is -0.750. The number of piperidine rings is 1. The standard InChI is InChI=1S/C17H28N6O3/c1-3-6-23-11-17(4-7-22(2)8-5-17)9-12(23)16(25)19-10-13-20-15(14(18)24)21-26-13/h12H,3-11H2,1-2H3,(H2,18,24)(H,19,25)/t12-/m0/s1. The summed E-state index contributed by atoms with van der Waals surface area (Å²) in [4.78, 5) is 32.3. The van der Waals surface area contributed by atoms with E-state index < -0.39 is 5.91 Å². The van der Waals surface area contributed by atoms with Gasteiger partial charge in [-0.25, -0.2) is 0 Å². The first-order valence-corrected chi connectivity index (χ1v) is 9.25. The molecule has 2 aliphatic heterocycles. The highest BCUT2D eigenvalue weighted by atomic mass is 16.5. The Kier molecular flexibility index (Phi) is 5.57. The lowest BCUT2D eigenvalue weighted by Crippen LogP contribution is -2.43. The van der Waals surface area contributed by atoms with E-state index in [9.17, 15) is 9.59 Å². The molecule has 2 aliphatic rings. The van der Waals surface area contributed by atoms with Crippen molar-refractivity contribution in [3.8, 4) is 0 Å². The molecule has 144 valence electrons. The number of carbonyl (C=O) groups is 2. The fraction of sp³-hybridized carbons (Fsp3) is 0.765. The number of hydrogen-bond donors (Lipinski definition) is 2. The van der Waals surface area contributed by atoms with Crippen molar-refractivity contribution in [2.75, 3.05) is 33.2 Å². The van der Waals surface area contributed by atoms with Crippen LogP contribution in [0.25, 0.3) is 0 Å². The van der Waals surface area contributed by atoms with Crippen LogP contribution >= 0.6 is 0 Å². The van der Waals surface area contributed by atoms with Crippen molar-refractivity contribution in [1.29, 1.82) is 0 Å². The van der Waals surface area contributed by atoms with Crippen LogP contribution in [-0.2, 0) is 11.3 Å². The smallest absolute Gasteiger partial charge is 0.290 e. The van der Waals surface area contributed by atoms with E-state index in [1.165, 1.54) is 0 Å². The zero-order valence-electron chi connectivity index (χ0n) is 15.5. The zero-order valence-corrected chi connectivity index (χ0v) is 15.5. The molecule has 0 bridgehead atoms. The summed E-state index contributed by atoms with van der Waals surface area (Å²) in [6.45, 7) is 6.32. The fourth-order valence-electron chi connectivity index (χ4n) is 4.09. The molecule has 2 saturated heterocycles. The average molecular weight is 364 g/mol. The van der Waals surface area contributed by atoms with Crippen LogP contribution < -0.4 is 11.1 Å². The average Bonchev–Trinajstić information content (AvgIpc) is 3.22. The normalized spacial score (nSPS) is 23.4. The highest BCUT2D eigenvalue weighted by Crippen LogP contribution is 2.43. The lowest BCUT2D eigenvalue weighted by atomic mass is 9.76. The Morgan fingerprint density at radius 2 is 2.12 bits per heavy atom. The van der Waals surface area contributed by atoms with Gasteiger partial charge < -0.3 is 20.5 Å². The van der Waals surface area contributed by atoms with Crippen molar-refractivity contribution in [3.05, 3.63) is 11.7 Å². The number of amides is 2. The molecule has 26 heavy (non-hydrogen) atoms. The molecule has 3 N–H and O–H groups in total. The summed E-state index contributed by atoms with van der Waals surface area (Å²) in [6.07, 6.45) is 4.19. The number of primary amides is 1. The van der Waals surface area contributed by atoms with Crippen molar-refractivity contribution in [1.82, 2.24) is 25.3 Å². The van der Waals surface area contributed by atoms with Crippen molar-refractivity contribution >= 4 is 11.8 Å². The van der Waals surface area contributed by atoms with E-state index in [0.29, 0.717) is 0 Å². The summed E-state index contributed by atoms with van der Waals surface area (Å²) in [7, 11) is 2.15. The molecule has 1 spiro atoms. The number of rotatable bonds is 6. The predicted octanol–water partition coefficient (Wildman–Crippen LogP) is -0.0190. The summed E-state index contributed by atoms with van der Waals surface area (Å²) >= 11 is 0. The van der Waals surface area contributed by atoms with Crippen molar-refractivity contribution in [2.45, 2.75) is 45.2 Å². The molecule has 1 atom stereocenters. The van der Waals surface area contributed by atoms with Crippen LogP contribution in [0.15, 0.2) is 4.52 Å². The van der Waals surface area contributed by atoms with Gasteiger partial charge in [-0.1, -0.05) is 12.1 Å². The molecule has 9 nitrogen and oxygen atoms in total. The van der Waals surface area contributed by atoms with Crippen LogP contribution in [0.5, 0.6) is 0 Å². The van der Waals surface area contributed by atoms with Gasteiger partial charge in [-0.3, -0.25) is 14.5 Å². The molecule has 0 radical (unpaired) electrons. The molecule has 1 aromatic rings. The first kappa shape index (κ1) is 18.8. The molecule has 0 unspecified atom stereocenters. The van der Waals surface area contributed by atoms with Crippen LogP contribution in [0.1, 0.15) is 49.1 Å². The van der Waals surface area contributed by atoms with Crippen molar-refractivity contribution < 1.29 is 14.1 Å². The van der Waals surface area contributed by atoms with Crippen molar-refractivity contribution in [2.24, 2.45) is 11.1 Å². The maximum atomic E-state index is 12.8. The fourth-order valence-corrected chi connectivity index (χ4v) is 4.09. The van der Waals surface area contributed by atoms with Gasteiger partial charge in [0.25, 0.3) is 11.7 Å². The van der Waals surface area contributed by atoms with Crippen LogP contribution in [0.2, 0.25) is 0 Å². The first-order chi connectivity index (χ1) is 12.4. The largest absolute Gasteiger partial charge is 0.363 e.